The predicted molar refractivity (Wildman–Crippen MR) is 134 cm³/mol. The van der Waals surface area contributed by atoms with Crippen molar-refractivity contribution in [2.45, 2.75) is 24.8 Å². The number of carbonyl (C=O) groups excluding carboxylic acids is 1. The number of fused-ring (bicyclic) bond motifs is 3. The summed E-state index contributed by atoms with van der Waals surface area (Å²) in [6.45, 7) is 0.245. The standard InChI is InChI=1S/C29H22F6N2O2/c1-39-21-10-11-24-23(16-21)22-13-14-37(25(38)12-5-17-3-2-4-20(15-17)29(33,34)35)27(26(22)36-24)18-6-8-19(9-7-18)28(30,31)32/h2-12,15-16,27,36H,13-14H2,1H3/b12-5+. The van der Waals surface area contributed by atoms with Crippen molar-refractivity contribution >= 4 is 22.9 Å². The molecule has 0 radical (unpaired) electrons. The molecule has 0 bridgehead atoms. The highest BCUT2D eigenvalue weighted by Gasteiger charge is 2.35. The van der Waals surface area contributed by atoms with Gasteiger partial charge >= 0.3 is 12.4 Å². The Hall–Kier alpha value is -4.21. The molecule has 1 amide bonds. The number of alkyl halides is 6. The number of amides is 1. The van der Waals surface area contributed by atoms with Gasteiger partial charge in [-0.3, -0.25) is 4.79 Å². The van der Waals surface area contributed by atoms with Crippen molar-refractivity contribution in [3.8, 4) is 5.75 Å². The molecular formula is C29H22F6N2O2. The van der Waals surface area contributed by atoms with Gasteiger partial charge in [0.05, 0.1) is 24.3 Å². The first-order valence-corrected chi connectivity index (χ1v) is 12.0. The number of H-pyrrole nitrogens is 1. The van der Waals surface area contributed by atoms with E-state index in [0.29, 0.717) is 23.4 Å². The highest BCUT2D eigenvalue weighted by molar-refractivity contribution is 5.93. The van der Waals surface area contributed by atoms with Gasteiger partial charge in [0.2, 0.25) is 5.91 Å². The Balaban J connectivity index is 1.54. The second-order valence-corrected chi connectivity index (χ2v) is 9.19. The number of ether oxygens (including phenoxy) is 1. The zero-order valence-corrected chi connectivity index (χ0v) is 20.5. The summed E-state index contributed by atoms with van der Waals surface area (Å²) in [6.07, 6.45) is -6.10. The van der Waals surface area contributed by atoms with Crippen LogP contribution in [0.1, 0.15) is 39.6 Å². The molecule has 10 heteroatoms. The fourth-order valence-electron chi connectivity index (χ4n) is 4.91. The van der Waals surface area contributed by atoms with Gasteiger partial charge in [0.25, 0.3) is 0 Å². The lowest BCUT2D eigenvalue weighted by molar-refractivity contribution is -0.138. The lowest BCUT2D eigenvalue weighted by atomic mass is 9.91. The Kier molecular flexibility index (Phi) is 6.65. The summed E-state index contributed by atoms with van der Waals surface area (Å²) in [5.41, 5.74) is 1.36. The van der Waals surface area contributed by atoms with Gasteiger partial charge < -0.3 is 14.6 Å². The van der Waals surface area contributed by atoms with Crippen molar-refractivity contribution in [1.29, 1.82) is 0 Å². The first kappa shape index (κ1) is 26.4. The van der Waals surface area contributed by atoms with Gasteiger partial charge in [0.1, 0.15) is 5.75 Å². The number of nitrogens with zero attached hydrogens (tertiary/aromatic N) is 1. The van der Waals surface area contributed by atoms with Gasteiger partial charge in [0, 0.05) is 29.2 Å². The molecule has 1 aliphatic rings. The number of rotatable bonds is 4. The maximum absolute atomic E-state index is 13.4. The van der Waals surface area contributed by atoms with Crippen molar-refractivity contribution in [2.24, 2.45) is 0 Å². The van der Waals surface area contributed by atoms with Crippen LogP contribution in [0, 0.1) is 0 Å². The Labute approximate surface area is 219 Å². The molecule has 5 rings (SSSR count). The van der Waals surface area contributed by atoms with E-state index in [-0.39, 0.29) is 12.1 Å². The topological polar surface area (TPSA) is 45.3 Å². The zero-order valence-electron chi connectivity index (χ0n) is 20.5. The summed E-state index contributed by atoms with van der Waals surface area (Å²) >= 11 is 0. The Morgan fingerprint density at radius 3 is 2.33 bits per heavy atom. The number of benzene rings is 3. The summed E-state index contributed by atoms with van der Waals surface area (Å²) < 4.78 is 84.3. The van der Waals surface area contributed by atoms with Gasteiger partial charge in [-0.1, -0.05) is 24.3 Å². The van der Waals surface area contributed by atoms with Gasteiger partial charge in [-0.05, 0) is 71.7 Å². The van der Waals surface area contributed by atoms with E-state index in [4.69, 9.17) is 4.74 Å². The molecule has 4 nitrogen and oxygen atoms in total. The van der Waals surface area contributed by atoms with E-state index in [1.807, 2.05) is 12.1 Å². The lowest BCUT2D eigenvalue weighted by Gasteiger charge is -2.35. The number of nitrogens with one attached hydrogen (secondary N) is 1. The summed E-state index contributed by atoms with van der Waals surface area (Å²) in [4.78, 5) is 18.2. The molecule has 1 aromatic heterocycles. The molecule has 202 valence electrons. The van der Waals surface area contributed by atoms with Gasteiger partial charge in [-0.15, -0.1) is 0 Å². The number of hydrogen-bond donors (Lipinski definition) is 1. The van der Waals surface area contributed by atoms with Crippen LogP contribution in [0.25, 0.3) is 17.0 Å². The van der Waals surface area contributed by atoms with Crippen LogP contribution in [0.5, 0.6) is 5.75 Å². The Morgan fingerprint density at radius 1 is 0.949 bits per heavy atom. The molecule has 2 heterocycles. The number of methoxy groups -OCH3 is 1. The van der Waals surface area contributed by atoms with Crippen molar-refractivity contribution in [3.63, 3.8) is 0 Å². The van der Waals surface area contributed by atoms with E-state index in [9.17, 15) is 31.1 Å². The second-order valence-electron chi connectivity index (χ2n) is 9.19. The maximum atomic E-state index is 13.4. The van der Waals surface area contributed by atoms with Crippen molar-refractivity contribution < 1.29 is 35.9 Å². The van der Waals surface area contributed by atoms with E-state index >= 15 is 0 Å². The number of hydrogen-bond acceptors (Lipinski definition) is 2. The molecule has 39 heavy (non-hydrogen) atoms. The van der Waals surface area contributed by atoms with Gasteiger partial charge in [-0.2, -0.15) is 26.3 Å². The summed E-state index contributed by atoms with van der Waals surface area (Å²) in [5, 5.41) is 0.882. The average Bonchev–Trinajstić information content (AvgIpc) is 3.28. The van der Waals surface area contributed by atoms with Crippen molar-refractivity contribution in [1.82, 2.24) is 9.88 Å². The number of carbonyl (C=O) groups is 1. The third kappa shape index (κ3) is 5.23. The molecule has 1 aliphatic heterocycles. The lowest BCUT2D eigenvalue weighted by Crippen LogP contribution is -2.39. The quantitative estimate of drug-likeness (QED) is 0.215. The highest BCUT2D eigenvalue weighted by Crippen LogP contribution is 2.40. The molecule has 0 fully saturated rings. The van der Waals surface area contributed by atoms with Gasteiger partial charge in [-0.25, -0.2) is 0 Å². The normalized spacial score (nSPS) is 16.1. The number of aromatic nitrogens is 1. The molecule has 1 N–H and O–H groups in total. The predicted octanol–water partition coefficient (Wildman–Crippen LogP) is 7.40. The fourth-order valence-corrected chi connectivity index (χ4v) is 4.91. The molecule has 0 saturated carbocycles. The van der Waals surface area contributed by atoms with Crippen LogP contribution < -0.4 is 4.74 Å². The summed E-state index contributed by atoms with van der Waals surface area (Å²) in [6, 6.07) is 13.9. The first-order chi connectivity index (χ1) is 18.5. The van der Waals surface area contributed by atoms with Crippen LogP contribution in [0.3, 0.4) is 0 Å². The smallest absolute Gasteiger partial charge is 0.416 e. The Morgan fingerprint density at radius 2 is 1.67 bits per heavy atom. The molecule has 1 atom stereocenters. The van der Waals surface area contributed by atoms with Crippen LogP contribution >= 0.6 is 0 Å². The third-order valence-corrected chi connectivity index (χ3v) is 6.80. The minimum absolute atomic E-state index is 0.194. The first-order valence-electron chi connectivity index (χ1n) is 12.0. The van der Waals surface area contributed by atoms with Crippen LogP contribution in [0.15, 0.2) is 72.8 Å². The molecule has 0 spiro atoms. The summed E-state index contributed by atoms with van der Waals surface area (Å²) in [7, 11) is 1.54. The van der Waals surface area contributed by atoms with Crippen molar-refractivity contribution in [3.05, 3.63) is 106 Å². The van der Waals surface area contributed by atoms with E-state index in [2.05, 4.69) is 4.98 Å². The number of halogens is 6. The monoisotopic (exact) mass is 544 g/mol. The average molecular weight is 544 g/mol. The minimum Gasteiger partial charge on any atom is -0.497 e. The number of aromatic amines is 1. The SMILES string of the molecule is COc1ccc2[nH]c3c(c2c1)CCN(C(=O)/C=C/c1cccc(C(F)(F)F)c1)C3c1ccc(C(F)(F)F)cc1. The molecule has 3 aromatic carbocycles. The van der Waals surface area contributed by atoms with E-state index in [1.165, 1.54) is 41.3 Å². The zero-order chi connectivity index (χ0) is 27.9. The largest absolute Gasteiger partial charge is 0.497 e. The van der Waals surface area contributed by atoms with E-state index in [0.717, 1.165) is 40.7 Å². The second kappa shape index (κ2) is 9.83. The van der Waals surface area contributed by atoms with Crippen LogP contribution in [0.2, 0.25) is 0 Å². The summed E-state index contributed by atoms with van der Waals surface area (Å²) in [5.74, 6) is 0.150. The fraction of sp³-hybridized carbons (Fsp3) is 0.207. The molecule has 4 aromatic rings. The Bertz CT molecular complexity index is 1550. The third-order valence-electron chi connectivity index (χ3n) is 6.80. The van der Waals surface area contributed by atoms with E-state index < -0.39 is 35.4 Å². The van der Waals surface area contributed by atoms with Gasteiger partial charge in [0.15, 0.2) is 0 Å². The maximum Gasteiger partial charge on any atom is 0.416 e. The highest BCUT2D eigenvalue weighted by atomic mass is 19.4. The van der Waals surface area contributed by atoms with Crippen LogP contribution in [-0.2, 0) is 23.6 Å². The van der Waals surface area contributed by atoms with E-state index in [1.54, 1.807) is 13.2 Å². The molecular weight excluding hydrogens is 522 g/mol. The van der Waals surface area contributed by atoms with Crippen LogP contribution in [0.4, 0.5) is 26.3 Å². The van der Waals surface area contributed by atoms with Crippen molar-refractivity contribution in [2.75, 3.05) is 13.7 Å². The van der Waals surface area contributed by atoms with Crippen LogP contribution in [-0.4, -0.2) is 29.4 Å². The molecule has 0 saturated heterocycles. The molecule has 0 aliphatic carbocycles. The minimum atomic E-state index is -4.52. The molecule has 1 unspecified atom stereocenters.